The molecule has 0 aliphatic rings. The van der Waals surface area contributed by atoms with Crippen molar-refractivity contribution in [3.8, 4) is 0 Å². The van der Waals surface area contributed by atoms with Gasteiger partial charge in [0.1, 0.15) is 25.4 Å². The summed E-state index contributed by atoms with van der Waals surface area (Å²) in [5.41, 5.74) is 0. The summed E-state index contributed by atoms with van der Waals surface area (Å²) in [6.45, 7) is 2.30. The predicted octanol–water partition coefficient (Wildman–Crippen LogP) is 23.4. The number of carbonyl (C=O) groups excluding carboxylic acids is 3. The average molecular weight is 1480 g/mol. The van der Waals surface area contributed by atoms with Crippen LogP contribution in [0.4, 0.5) is 0 Å². The van der Waals surface area contributed by atoms with Crippen molar-refractivity contribution in [3.05, 3.63) is 158 Å². The van der Waals surface area contributed by atoms with E-state index in [2.05, 4.69) is 179 Å². The molecule has 0 radical (unpaired) electrons. The maximum atomic E-state index is 13.0. The minimum absolute atomic E-state index is 0.0760. The van der Waals surface area contributed by atoms with Gasteiger partial charge in [-0.25, -0.2) is 9.13 Å². The topological polar surface area (TPSA) is 231 Å². The number of hydrogen-bond donors (Lipinski definition) is 4. The maximum absolute atomic E-state index is 13.0. The van der Waals surface area contributed by atoms with Crippen LogP contribution in [0.25, 0.3) is 0 Å². The molecule has 0 rings (SSSR count). The van der Waals surface area contributed by atoms with E-state index in [1.54, 1.807) is 0 Å². The Labute approximate surface area is 625 Å². The molecule has 0 fully saturated rings. The molecule has 0 saturated heterocycles. The predicted molar refractivity (Wildman–Crippen MR) is 426 cm³/mol. The lowest BCUT2D eigenvalue weighted by Gasteiger charge is -2.21. The van der Waals surface area contributed by atoms with Crippen LogP contribution in [-0.4, -0.2) is 95.9 Å². The summed E-state index contributed by atoms with van der Waals surface area (Å²) < 4.78 is 61.1. The van der Waals surface area contributed by atoms with Gasteiger partial charge in [0.2, 0.25) is 0 Å². The van der Waals surface area contributed by atoms with Crippen molar-refractivity contribution in [1.82, 2.24) is 0 Å². The SMILES string of the molecule is CC/C=C\C/C=C\C/C=C\C/C=C\C/C=C\CCCCCCCCCCCCCCCCCC(=O)OCC(O)COP(=O)(O)OCC(O)COP(=O)(O)OCC(COC(=O)CCCCCCC/C=C\C/C=C\C/C=C\C/C=C\C/C=C\CC)OC(=O)CCCCCCC/C=C\C/C=C\C/C=C\CC. The van der Waals surface area contributed by atoms with Gasteiger partial charge in [-0.3, -0.25) is 32.5 Å². The second-order valence-corrected chi connectivity index (χ2v) is 29.0. The molecular formula is C85H142O16P2. The number of ether oxygens (including phenoxy) is 3. The van der Waals surface area contributed by atoms with Crippen LogP contribution in [0.1, 0.15) is 303 Å². The van der Waals surface area contributed by atoms with E-state index in [0.717, 1.165) is 167 Å². The molecule has 5 atom stereocenters. The molecule has 5 unspecified atom stereocenters. The van der Waals surface area contributed by atoms with E-state index in [1.165, 1.54) is 77.0 Å². The highest BCUT2D eigenvalue weighted by Gasteiger charge is 2.29. The number of esters is 3. The van der Waals surface area contributed by atoms with Crippen LogP contribution >= 0.6 is 15.6 Å². The van der Waals surface area contributed by atoms with Crippen LogP contribution < -0.4 is 0 Å². The van der Waals surface area contributed by atoms with E-state index < -0.39 is 91.5 Å². The Bertz CT molecular complexity index is 2500. The normalized spacial score (nSPS) is 14.8. The van der Waals surface area contributed by atoms with Gasteiger partial charge in [-0.15, -0.1) is 0 Å². The van der Waals surface area contributed by atoms with Crippen LogP contribution in [0, 0.1) is 0 Å². The molecule has 0 bridgehead atoms. The summed E-state index contributed by atoms with van der Waals surface area (Å²) >= 11 is 0. The second-order valence-electron chi connectivity index (χ2n) is 26.1. The third-order valence-corrected chi connectivity index (χ3v) is 18.1. The van der Waals surface area contributed by atoms with Gasteiger partial charge in [0, 0.05) is 19.3 Å². The molecule has 103 heavy (non-hydrogen) atoms. The molecule has 0 aliphatic heterocycles. The molecule has 4 N–H and O–H groups in total. The van der Waals surface area contributed by atoms with E-state index >= 15 is 0 Å². The molecule has 0 aliphatic carbocycles. The fraction of sp³-hybridized carbons (Fsp3) is 0.659. The van der Waals surface area contributed by atoms with Crippen LogP contribution in [0.15, 0.2) is 158 Å². The van der Waals surface area contributed by atoms with Gasteiger partial charge >= 0.3 is 33.6 Å². The van der Waals surface area contributed by atoms with Crippen LogP contribution in [0.5, 0.6) is 0 Å². The average Bonchev–Trinajstić information content (AvgIpc) is 0.922. The van der Waals surface area contributed by atoms with Gasteiger partial charge in [0.15, 0.2) is 6.10 Å². The van der Waals surface area contributed by atoms with Crippen molar-refractivity contribution in [1.29, 1.82) is 0 Å². The third-order valence-electron chi connectivity index (χ3n) is 16.2. The molecule has 0 aromatic rings. The fourth-order valence-electron chi connectivity index (χ4n) is 10.3. The van der Waals surface area contributed by atoms with E-state index in [-0.39, 0.29) is 19.3 Å². The highest BCUT2D eigenvalue weighted by atomic mass is 31.2. The molecule has 16 nitrogen and oxygen atoms in total. The highest BCUT2D eigenvalue weighted by molar-refractivity contribution is 7.47. The molecule has 0 aromatic heterocycles. The van der Waals surface area contributed by atoms with Crippen molar-refractivity contribution in [2.75, 3.05) is 39.6 Å². The summed E-state index contributed by atoms with van der Waals surface area (Å²) in [4.78, 5) is 58.6. The van der Waals surface area contributed by atoms with Crippen LogP contribution in [0.2, 0.25) is 0 Å². The van der Waals surface area contributed by atoms with E-state index in [9.17, 15) is 43.5 Å². The highest BCUT2D eigenvalue weighted by Crippen LogP contribution is 2.45. The Morgan fingerprint density at radius 2 is 0.485 bits per heavy atom. The zero-order valence-electron chi connectivity index (χ0n) is 64.2. The first-order valence-corrected chi connectivity index (χ1v) is 42.8. The lowest BCUT2D eigenvalue weighted by atomic mass is 10.0. The van der Waals surface area contributed by atoms with Crippen molar-refractivity contribution < 1.29 is 75.8 Å². The Morgan fingerprint density at radius 3 is 0.767 bits per heavy atom. The molecule has 0 amide bonds. The monoisotopic (exact) mass is 1480 g/mol. The Hall–Kier alpha value is -4.83. The molecule has 0 saturated carbocycles. The smallest absolute Gasteiger partial charge is 0.463 e. The van der Waals surface area contributed by atoms with Gasteiger partial charge in [-0.1, -0.05) is 301 Å². The molecule has 588 valence electrons. The molecule has 0 aromatic carbocycles. The van der Waals surface area contributed by atoms with Gasteiger partial charge in [0.05, 0.1) is 26.4 Å². The summed E-state index contributed by atoms with van der Waals surface area (Å²) in [7, 11) is -9.81. The summed E-state index contributed by atoms with van der Waals surface area (Å²) in [5.74, 6) is -1.62. The van der Waals surface area contributed by atoms with E-state index in [4.69, 9.17) is 32.3 Å². The first-order valence-electron chi connectivity index (χ1n) is 39.8. The minimum atomic E-state index is -4.94. The zero-order valence-corrected chi connectivity index (χ0v) is 66.0. The largest absolute Gasteiger partial charge is 0.472 e. The van der Waals surface area contributed by atoms with Crippen LogP contribution in [0.3, 0.4) is 0 Å². The summed E-state index contributed by atoms with van der Waals surface area (Å²) in [6, 6.07) is 0. The van der Waals surface area contributed by atoms with Crippen molar-refractivity contribution >= 4 is 33.6 Å². The number of phosphoric acid groups is 2. The van der Waals surface area contributed by atoms with Gasteiger partial charge in [0.25, 0.3) is 0 Å². The number of allylic oxidation sites excluding steroid dienone is 26. The molecular weight excluding hydrogens is 1340 g/mol. The molecule has 0 heterocycles. The van der Waals surface area contributed by atoms with Crippen molar-refractivity contribution in [2.24, 2.45) is 0 Å². The second kappa shape index (κ2) is 76.8. The number of hydrogen-bond acceptors (Lipinski definition) is 14. The molecule has 0 spiro atoms. The van der Waals surface area contributed by atoms with E-state index in [0.29, 0.717) is 19.3 Å². The van der Waals surface area contributed by atoms with Crippen molar-refractivity contribution in [2.45, 2.75) is 322 Å². The zero-order chi connectivity index (χ0) is 75.2. The van der Waals surface area contributed by atoms with Crippen molar-refractivity contribution in [3.63, 3.8) is 0 Å². The minimum Gasteiger partial charge on any atom is -0.463 e. The third kappa shape index (κ3) is 78.1. The first kappa shape index (κ1) is 98.2. The number of unbranched alkanes of at least 4 members (excludes halogenated alkanes) is 25. The Morgan fingerprint density at radius 1 is 0.272 bits per heavy atom. The Balaban J connectivity index is 4.52. The van der Waals surface area contributed by atoms with Gasteiger partial charge < -0.3 is 34.2 Å². The fourth-order valence-corrected chi connectivity index (χ4v) is 11.9. The number of aliphatic hydroxyl groups excluding tert-OH is 2. The number of carbonyl (C=O) groups is 3. The van der Waals surface area contributed by atoms with Gasteiger partial charge in [-0.05, 0) is 141 Å². The lowest BCUT2D eigenvalue weighted by Crippen LogP contribution is -2.30. The van der Waals surface area contributed by atoms with Crippen LogP contribution in [-0.2, 0) is 55.8 Å². The van der Waals surface area contributed by atoms with E-state index in [1.807, 2.05) is 0 Å². The quantitative estimate of drug-likeness (QED) is 0.0146. The maximum Gasteiger partial charge on any atom is 0.472 e. The van der Waals surface area contributed by atoms with Gasteiger partial charge in [-0.2, -0.15) is 0 Å². The standard InChI is InChI=1S/C85H142O16P2/c1-4-7-10-13-16-19-22-25-28-30-32-34-35-36-37-38-39-40-41-42-43-45-47-48-51-53-56-59-62-65-68-71-83(88)95-74-80(86)75-97-102(91,92)98-76-81(87)77-99-103(93,94)100-79-82(101-85(90)73-70-67-64-61-58-55-50-27-24-21-18-15-12-9-6-3)78-96-84(89)72-69-66-63-60-57-54-52-49-46-44-33-31-29-26-23-20-17-14-11-8-5-2/h7-12,16-21,25-29,32-34,36-37,44,49-50,52,80-82,86-87H,4-6,13-15,22-24,30-31,35,38-43,45-48,51,53-79H2,1-3H3,(H,91,92)(H,93,94)/b10-7-,11-8-,12-9-,19-16-,20-17-,21-18-,28-25-,29-26-,34-32-,37-36-,44-33-,50-27-,52-49-. The first-order chi connectivity index (χ1) is 50.2. The lowest BCUT2D eigenvalue weighted by molar-refractivity contribution is -0.161. The number of aliphatic hydroxyl groups is 2. The number of rotatable bonds is 74. The number of phosphoric ester groups is 2. The Kier molecular flexibility index (Phi) is 73.2. The molecule has 18 heteroatoms. The summed E-state index contributed by atoms with van der Waals surface area (Å²) in [6.07, 6.45) is 95.8. The summed E-state index contributed by atoms with van der Waals surface area (Å²) in [5, 5.41) is 20.6.